The van der Waals surface area contributed by atoms with Gasteiger partial charge in [0.05, 0.1) is 0 Å². The summed E-state index contributed by atoms with van der Waals surface area (Å²) in [5.41, 5.74) is 0. The van der Waals surface area contributed by atoms with Gasteiger partial charge in [0.25, 0.3) is 0 Å². The summed E-state index contributed by atoms with van der Waals surface area (Å²) in [6.45, 7) is 4.49. The minimum absolute atomic E-state index is 0.824. The lowest BCUT2D eigenvalue weighted by Crippen LogP contribution is -1.91. The number of alkyl halides is 1. The maximum atomic E-state index is 7.21. The molecule has 1 unspecified atom stereocenters. The number of halogens is 1. The third-order valence-electron chi connectivity index (χ3n) is 1.53. The van der Waals surface area contributed by atoms with E-state index in [9.17, 15) is 0 Å². The van der Waals surface area contributed by atoms with Crippen molar-refractivity contribution in [3.8, 4) is 0 Å². The fourth-order valence-electron chi connectivity index (χ4n) is 0.630. The van der Waals surface area contributed by atoms with Crippen LogP contribution in [0.1, 0.15) is 33.1 Å². The summed E-state index contributed by atoms with van der Waals surface area (Å²) in [4.78, 5) is 2.53. The van der Waals surface area contributed by atoms with E-state index in [1.165, 1.54) is 19.3 Å². The molecular weight excluding hydrogens is 178 g/mol. The summed E-state index contributed by atoms with van der Waals surface area (Å²) in [5, 5.41) is 7.21. The highest BCUT2D eigenvalue weighted by molar-refractivity contribution is 6.17. The van der Waals surface area contributed by atoms with E-state index in [4.69, 9.17) is 16.8 Å². The predicted molar refractivity (Wildman–Crippen MR) is 52.2 cm³/mol. The van der Waals surface area contributed by atoms with Crippen molar-refractivity contribution in [3.05, 3.63) is 0 Å². The molecule has 0 radical (unpaired) electrons. The van der Waals surface area contributed by atoms with Crippen LogP contribution in [0.25, 0.3) is 0 Å². The molecule has 0 bridgehead atoms. The van der Waals surface area contributed by atoms with Crippen LogP contribution in [0.4, 0.5) is 0 Å². The SMILES string of the molecule is CCC(C)CCCCl.ON=[SiH2]. The lowest BCUT2D eigenvalue weighted by Gasteiger charge is -2.03. The van der Waals surface area contributed by atoms with Gasteiger partial charge in [-0.15, -0.1) is 11.6 Å². The summed E-state index contributed by atoms with van der Waals surface area (Å²) < 4.78 is 0. The maximum Gasteiger partial charge on any atom is 0.148 e. The Kier molecular flexibility index (Phi) is 15.9. The van der Waals surface area contributed by atoms with Gasteiger partial charge in [0.1, 0.15) is 10.0 Å². The Morgan fingerprint density at radius 1 is 1.64 bits per heavy atom. The third kappa shape index (κ3) is 17.8. The zero-order valence-corrected chi connectivity index (χ0v) is 9.56. The number of nitrogens with zero attached hydrogens (tertiary/aromatic N) is 1. The summed E-state index contributed by atoms with van der Waals surface area (Å²) in [5.74, 6) is 1.69. The van der Waals surface area contributed by atoms with Crippen LogP contribution in [0.5, 0.6) is 0 Å². The van der Waals surface area contributed by atoms with E-state index in [1.807, 2.05) is 0 Å². The van der Waals surface area contributed by atoms with Crippen molar-refractivity contribution < 1.29 is 5.21 Å². The Balaban J connectivity index is 0. The molecule has 68 valence electrons. The standard InChI is InChI=1S/C7H15Cl.H3NOSi/c1-3-7(2)5-4-6-8;2-1-3/h7H,3-6H2,1-2H3;2H,3H2. The smallest absolute Gasteiger partial charge is 0.148 e. The lowest BCUT2D eigenvalue weighted by atomic mass is 10.0. The molecule has 11 heavy (non-hydrogen) atoms. The van der Waals surface area contributed by atoms with Crippen molar-refractivity contribution >= 4 is 21.6 Å². The lowest BCUT2D eigenvalue weighted by molar-refractivity contribution is 0.326. The van der Waals surface area contributed by atoms with Crippen LogP contribution in [0, 0.1) is 5.92 Å². The number of hydrogen-bond donors (Lipinski definition) is 1. The molecule has 0 spiro atoms. The normalized spacial score (nSPS) is 11.2. The van der Waals surface area contributed by atoms with E-state index in [0.717, 1.165) is 21.8 Å². The fourth-order valence-corrected chi connectivity index (χ4v) is 0.784. The van der Waals surface area contributed by atoms with E-state index < -0.39 is 0 Å². The van der Waals surface area contributed by atoms with Gasteiger partial charge >= 0.3 is 0 Å². The van der Waals surface area contributed by atoms with Crippen molar-refractivity contribution in [3.63, 3.8) is 0 Å². The maximum absolute atomic E-state index is 7.21. The molecule has 0 aliphatic heterocycles. The Morgan fingerprint density at radius 3 is 2.36 bits per heavy atom. The van der Waals surface area contributed by atoms with Crippen molar-refractivity contribution in [1.82, 2.24) is 0 Å². The largest absolute Gasteiger partial charge is 0.422 e. The minimum Gasteiger partial charge on any atom is -0.422 e. The third-order valence-corrected chi connectivity index (χ3v) is 1.79. The van der Waals surface area contributed by atoms with Crippen LogP contribution >= 0.6 is 11.6 Å². The van der Waals surface area contributed by atoms with Crippen LogP contribution in [0.2, 0.25) is 0 Å². The highest BCUT2D eigenvalue weighted by atomic mass is 35.5. The van der Waals surface area contributed by atoms with Gasteiger partial charge in [0.15, 0.2) is 0 Å². The first-order valence-corrected chi connectivity index (χ1v) is 5.05. The average Bonchev–Trinajstić information content (AvgIpc) is 2.02. The molecule has 0 aromatic heterocycles. The molecule has 0 aliphatic rings. The molecule has 0 aliphatic carbocycles. The first-order chi connectivity index (χ1) is 5.22. The molecule has 1 atom stereocenters. The second kappa shape index (κ2) is 12.8. The monoisotopic (exact) mass is 195 g/mol. The Morgan fingerprint density at radius 2 is 2.09 bits per heavy atom. The van der Waals surface area contributed by atoms with Crippen LogP contribution in [0.3, 0.4) is 0 Å². The summed E-state index contributed by atoms with van der Waals surface area (Å²) in [7, 11) is 1.15. The van der Waals surface area contributed by atoms with E-state index in [2.05, 4.69) is 18.6 Å². The van der Waals surface area contributed by atoms with Gasteiger partial charge in [0.2, 0.25) is 0 Å². The topological polar surface area (TPSA) is 32.6 Å². The Bertz CT molecular complexity index is 82.8. The first kappa shape index (κ1) is 13.7. The molecule has 0 saturated carbocycles. The molecule has 2 nitrogen and oxygen atoms in total. The minimum atomic E-state index is 0.824. The highest BCUT2D eigenvalue weighted by Gasteiger charge is 1.95. The number of hydrogen-bond acceptors (Lipinski definition) is 2. The van der Waals surface area contributed by atoms with Gasteiger partial charge in [0, 0.05) is 5.88 Å². The Hall–Kier alpha value is 0.107. The van der Waals surface area contributed by atoms with E-state index in [0.29, 0.717) is 0 Å². The molecule has 0 saturated heterocycles. The zero-order chi connectivity index (χ0) is 9.11. The molecule has 0 rings (SSSR count). The van der Waals surface area contributed by atoms with E-state index in [-0.39, 0.29) is 0 Å². The van der Waals surface area contributed by atoms with Crippen LogP contribution in [-0.2, 0) is 0 Å². The van der Waals surface area contributed by atoms with Crippen LogP contribution < -0.4 is 0 Å². The van der Waals surface area contributed by atoms with E-state index >= 15 is 0 Å². The first-order valence-electron chi connectivity index (χ1n) is 3.88. The summed E-state index contributed by atoms with van der Waals surface area (Å²) in [6.07, 6.45) is 3.76. The molecule has 0 aromatic carbocycles. The molecule has 0 amide bonds. The molecule has 0 fully saturated rings. The predicted octanol–water partition coefficient (Wildman–Crippen LogP) is 2.24. The number of rotatable bonds is 4. The summed E-state index contributed by atoms with van der Waals surface area (Å²) >= 11 is 5.50. The van der Waals surface area contributed by atoms with E-state index in [1.54, 1.807) is 0 Å². The van der Waals surface area contributed by atoms with Crippen molar-refractivity contribution in [2.45, 2.75) is 33.1 Å². The van der Waals surface area contributed by atoms with Gasteiger partial charge in [-0.25, -0.2) is 0 Å². The zero-order valence-electron chi connectivity index (χ0n) is 7.39. The quantitative estimate of drug-likeness (QED) is 0.417. The molecule has 0 heterocycles. The molecular formula is C7H18ClNOSi. The van der Waals surface area contributed by atoms with Gasteiger partial charge < -0.3 is 5.21 Å². The van der Waals surface area contributed by atoms with Crippen LogP contribution in [-0.4, -0.2) is 21.1 Å². The average molecular weight is 196 g/mol. The second-order valence-corrected chi connectivity index (χ2v) is 3.15. The molecule has 1 N–H and O–H groups in total. The second-order valence-electron chi connectivity index (χ2n) is 2.49. The van der Waals surface area contributed by atoms with Crippen LogP contribution in [0.15, 0.2) is 4.80 Å². The Labute approximate surface area is 77.1 Å². The molecule has 0 aromatic rings. The molecule has 4 heteroatoms. The highest BCUT2D eigenvalue weighted by Crippen LogP contribution is 2.08. The van der Waals surface area contributed by atoms with Crippen molar-refractivity contribution in [2.75, 3.05) is 5.88 Å². The fraction of sp³-hybridized carbons (Fsp3) is 1.00. The van der Waals surface area contributed by atoms with Gasteiger partial charge in [-0.3, -0.25) is 0 Å². The van der Waals surface area contributed by atoms with Gasteiger partial charge in [-0.05, 0) is 18.8 Å². The van der Waals surface area contributed by atoms with Crippen molar-refractivity contribution in [1.29, 1.82) is 0 Å². The summed E-state index contributed by atoms with van der Waals surface area (Å²) in [6, 6.07) is 0. The van der Waals surface area contributed by atoms with Gasteiger partial charge in [-0.1, -0.05) is 20.3 Å². The van der Waals surface area contributed by atoms with Gasteiger partial charge in [-0.2, -0.15) is 4.80 Å². The van der Waals surface area contributed by atoms with Crippen molar-refractivity contribution in [2.24, 2.45) is 10.7 Å².